The van der Waals surface area contributed by atoms with Crippen molar-refractivity contribution in [2.75, 3.05) is 5.32 Å². The first-order valence-electron chi connectivity index (χ1n) is 5.57. The molecule has 0 unspecified atom stereocenters. The van der Waals surface area contributed by atoms with E-state index in [0.29, 0.717) is 15.3 Å². The topological polar surface area (TPSA) is 34.2 Å². The van der Waals surface area contributed by atoms with Crippen LogP contribution in [0, 0.1) is 0 Å². The lowest BCUT2D eigenvalue weighted by Crippen LogP contribution is -2.25. The number of thiazole rings is 1. The van der Waals surface area contributed by atoms with Crippen molar-refractivity contribution < 1.29 is 17.9 Å². The van der Waals surface area contributed by atoms with E-state index in [-0.39, 0.29) is 11.3 Å². The number of nitrogens with zero attached hydrogens (tertiary/aromatic N) is 1. The maximum Gasteiger partial charge on any atom is 0.573 e. The molecular formula is C12H13F3N2OS. The molecule has 0 saturated heterocycles. The normalized spacial score (nSPS) is 12.7. The second kappa shape index (κ2) is 4.56. The van der Waals surface area contributed by atoms with Gasteiger partial charge in [0, 0.05) is 11.6 Å². The van der Waals surface area contributed by atoms with Crippen LogP contribution in [0.3, 0.4) is 0 Å². The fraction of sp³-hybridized carbons (Fsp3) is 0.417. The smallest absolute Gasteiger partial charge is 0.406 e. The van der Waals surface area contributed by atoms with E-state index in [2.05, 4.69) is 15.0 Å². The minimum absolute atomic E-state index is 0.154. The summed E-state index contributed by atoms with van der Waals surface area (Å²) < 4.78 is 40.9. The summed E-state index contributed by atoms with van der Waals surface area (Å²) in [5.74, 6) is -0.231. The molecule has 0 atom stereocenters. The van der Waals surface area contributed by atoms with Gasteiger partial charge in [0.15, 0.2) is 5.13 Å². The molecule has 1 N–H and O–H groups in total. The second-order valence-corrected chi connectivity index (χ2v) is 6.10. The standard InChI is InChI=1S/C12H13F3N2OS/c1-11(2,3)17-10-16-8-5-4-7(6-9(8)19-10)18-12(13,14)15/h4-6H,1-3H3,(H,16,17). The van der Waals surface area contributed by atoms with Gasteiger partial charge in [-0.2, -0.15) is 0 Å². The number of nitrogens with one attached hydrogen (secondary N) is 1. The maximum absolute atomic E-state index is 12.1. The summed E-state index contributed by atoms with van der Waals surface area (Å²) in [7, 11) is 0. The predicted molar refractivity (Wildman–Crippen MR) is 69.7 cm³/mol. The molecule has 2 rings (SSSR count). The van der Waals surface area contributed by atoms with Crippen LogP contribution in [-0.4, -0.2) is 16.9 Å². The molecule has 104 valence electrons. The molecule has 0 saturated carbocycles. The zero-order valence-electron chi connectivity index (χ0n) is 10.6. The van der Waals surface area contributed by atoms with Gasteiger partial charge in [-0.15, -0.1) is 13.2 Å². The van der Waals surface area contributed by atoms with E-state index in [1.165, 1.54) is 29.5 Å². The first-order chi connectivity index (χ1) is 8.62. The molecule has 0 aliphatic carbocycles. The van der Waals surface area contributed by atoms with E-state index >= 15 is 0 Å². The maximum atomic E-state index is 12.1. The molecule has 3 nitrogen and oxygen atoms in total. The Morgan fingerprint density at radius 2 is 1.89 bits per heavy atom. The van der Waals surface area contributed by atoms with E-state index in [1.807, 2.05) is 20.8 Å². The number of rotatable bonds is 2. The SMILES string of the molecule is CC(C)(C)Nc1nc2ccc(OC(F)(F)F)cc2s1. The van der Waals surface area contributed by atoms with Gasteiger partial charge in [0.2, 0.25) is 0 Å². The monoisotopic (exact) mass is 290 g/mol. The van der Waals surface area contributed by atoms with E-state index in [4.69, 9.17) is 0 Å². The summed E-state index contributed by atoms with van der Waals surface area (Å²) in [4.78, 5) is 4.31. The van der Waals surface area contributed by atoms with Crippen LogP contribution in [0.25, 0.3) is 10.2 Å². The van der Waals surface area contributed by atoms with Crippen LogP contribution in [0.1, 0.15) is 20.8 Å². The number of alkyl halides is 3. The number of hydrogen-bond donors (Lipinski definition) is 1. The summed E-state index contributed by atoms with van der Waals surface area (Å²) in [5, 5.41) is 3.86. The van der Waals surface area contributed by atoms with Crippen molar-refractivity contribution in [1.82, 2.24) is 4.98 Å². The highest BCUT2D eigenvalue weighted by molar-refractivity contribution is 7.22. The average molecular weight is 290 g/mol. The van der Waals surface area contributed by atoms with E-state index < -0.39 is 6.36 Å². The summed E-state index contributed by atoms with van der Waals surface area (Å²) in [6, 6.07) is 4.12. The van der Waals surface area contributed by atoms with E-state index in [1.54, 1.807) is 0 Å². The summed E-state index contributed by atoms with van der Waals surface area (Å²) >= 11 is 1.29. The molecule has 0 radical (unpaired) electrons. The van der Waals surface area contributed by atoms with Gasteiger partial charge < -0.3 is 10.1 Å². The summed E-state index contributed by atoms with van der Waals surface area (Å²) in [6.07, 6.45) is -4.68. The third kappa shape index (κ3) is 3.99. The summed E-state index contributed by atoms with van der Waals surface area (Å²) in [5.41, 5.74) is 0.491. The Balaban J connectivity index is 2.28. The van der Waals surface area contributed by atoms with Gasteiger partial charge in [0.25, 0.3) is 0 Å². The highest BCUT2D eigenvalue weighted by Gasteiger charge is 2.31. The first kappa shape index (κ1) is 13.9. The zero-order valence-corrected chi connectivity index (χ0v) is 11.4. The molecule has 0 aliphatic rings. The van der Waals surface area contributed by atoms with Crippen LogP contribution in [-0.2, 0) is 0 Å². The fourth-order valence-electron chi connectivity index (χ4n) is 1.48. The number of anilines is 1. The molecule has 19 heavy (non-hydrogen) atoms. The van der Waals surface area contributed by atoms with Gasteiger partial charge in [-0.3, -0.25) is 0 Å². The van der Waals surface area contributed by atoms with Crippen LogP contribution in [0.5, 0.6) is 5.75 Å². The van der Waals surface area contributed by atoms with Crippen LogP contribution >= 0.6 is 11.3 Å². The number of hydrogen-bond acceptors (Lipinski definition) is 4. The Kier molecular flexibility index (Phi) is 3.34. The van der Waals surface area contributed by atoms with E-state index in [9.17, 15) is 13.2 Å². The molecule has 1 aromatic carbocycles. The van der Waals surface area contributed by atoms with Crippen molar-refractivity contribution in [2.45, 2.75) is 32.7 Å². The Morgan fingerprint density at radius 3 is 2.47 bits per heavy atom. The van der Waals surface area contributed by atoms with Gasteiger partial charge in [-0.1, -0.05) is 11.3 Å². The quantitative estimate of drug-likeness (QED) is 0.889. The van der Waals surface area contributed by atoms with Crippen molar-refractivity contribution in [3.05, 3.63) is 18.2 Å². The van der Waals surface area contributed by atoms with Crippen molar-refractivity contribution in [3.8, 4) is 5.75 Å². The molecule has 0 aliphatic heterocycles. The van der Waals surface area contributed by atoms with Crippen molar-refractivity contribution in [1.29, 1.82) is 0 Å². The molecule has 2 aromatic rings. The summed E-state index contributed by atoms with van der Waals surface area (Å²) in [6.45, 7) is 5.95. The molecular weight excluding hydrogens is 277 g/mol. The van der Waals surface area contributed by atoms with Crippen molar-refractivity contribution in [3.63, 3.8) is 0 Å². The number of ether oxygens (including phenoxy) is 1. The minimum Gasteiger partial charge on any atom is -0.406 e. The highest BCUT2D eigenvalue weighted by atomic mass is 32.1. The average Bonchev–Trinajstić information content (AvgIpc) is 2.53. The van der Waals surface area contributed by atoms with Crippen LogP contribution in [0.2, 0.25) is 0 Å². The van der Waals surface area contributed by atoms with Gasteiger partial charge in [0.1, 0.15) is 5.75 Å². The predicted octanol–water partition coefficient (Wildman–Crippen LogP) is 4.41. The molecule has 0 amide bonds. The second-order valence-electron chi connectivity index (χ2n) is 5.07. The van der Waals surface area contributed by atoms with Crippen molar-refractivity contribution >= 4 is 26.7 Å². The molecule has 7 heteroatoms. The number of halogens is 3. The molecule has 1 aromatic heterocycles. The van der Waals surface area contributed by atoms with Crippen LogP contribution in [0.15, 0.2) is 18.2 Å². The number of fused-ring (bicyclic) bond motifs is 1. The largest absolute Gasteiger partial charge is 0.573 e. The fourth-order valence-corrected chi connectivity index (χ4v) is 2.58. The highest BCUT2D eigenvalue weighted by Crippen LogP contribution is 2.32. The lowest BCUT2D eigenvalue weighted by Gasteiger charge is -2.19. The lowest BCUT2D eigenvalue weighted by atomic mass is 10.1. The Bertz CT molecular complexity index is 573. The Labute approximate surface area is 112 Å². The molecule has 1 heterocycles. The van der Waals surface area contributed by atoms with E-state index in [0.717, 1.165) is 0 Å². The lowest BCUT2D eigenvalue weighted by molar-refractivity contribution is -0.274. The van der Waals surface area contributed by atoms with Gasteiger partial charge in [-0.05, 0) is 32.9 Å². The minimum atomic E-state index is -4.68. The Hall–Kier alpha value is -1.50. The molecule has 0 spiro atoms. The zero-order chi connectivity index (χ0) is 14.3. The van der Waals surface area contributed by atoms with Crippen molar-refractivity contribution in [2.24, 2.45) is 0 Å². The van der Waals surface area contributed by atoms with Crippen LogP contribution in [0.4, 0.5) is 18.3 Å². The third-order valence-electron chi connectivity index (χ3n) is 2.08. The molecule has 0 fully saturated rings. The van der Waals surface area contributed by atoms with Gasteiger partial charge >= 0.3 is 6.36 Å². The first-order valence-corrected chi connectivity index (χ1v) is 6.39. The molecule has 0 bridgehead atoms. The van der Waals surface area contributed by atoms with Gasteiger partial charge in [-0.25, -0.2) is 4.98 Å². The van der Waals surface area contributed by atoms with Gasteiger partial charge in [0.05, 0.1) is 10.2 Å². The van der Waals surface area contributed by atoms with Crippen LogP contribution < -0.4 is 10.1 Å². The number of aromatic nitrogens is 1. The number of benzene rings is 1. The Morgan fingerprint density at radius 1 is 1.21 bits per heavy atom. The third-order valence-corrected chi connectivity index (χ3v) is 3.01.